The van der Waals surface area contributed by atoms with Gasteiger partial charge in [0.1, 0.15) is 5.78 Å². The first-order valence-electron chi connectivity index (χ1n) is 4.89. The molecular formula is C12H10ClNOS. The average molecular weight is 252 g/mol. The Morgan fingerprint density at radius 2 is 2.12 bits per heavy atom. The molecule has 0 aliphatic rings. The van der Waals surface area contributed by atoms with Gasteiger partial charge in [-0.15, -0.1) is 11.3 Å². The first-order valence-corrected chi connectivity index (χ1v) is 6.15. The predicted octanol–water partition coefficient (Wildman–Crippen LogP) is 3.15. The Morgan fingerprint density at radius 3 is 2.81 bits per heavy atom. The molecular weight excluding hydrogens is 242 g/mol. The lowest BCUT2D eigenvalue weighted by atomic mass is 10.1. The smallest absolute Gasteiger partial charge is 0.144 e. The van der Waals surface area contributed by atoms with Gasteiger partial charge in [0.25, 0.3) is 0 Å². The van der Waals surface area contributed by atoms with Crippen molar-refractivity contribution in [1.82, 2.24) is 4.98 Å². The normalized spacial score (nSPS) is 10.3. The molecule has 0 saturated heterocycles. The van der Waals surface area contributed by atoms with E-state index in [0.717, 1.165) is 10.6 Å². The summed E-state index contributed by atoms with van der Waals surface area (Å²) in [6.07, 6.45) is 2.48. The summed E-state index contributed by atoms with van der Waals surface area (Å²) in [6, 6.07) is 7.42. The molecule has 0 aliphatic heterocycles. The molecule has 1 aromatic heterocycles. The number of nitrogens with zero attached hydrogens (tertiary/aromatic N) is 1. The Balaban J connectivity index is 2.00. The van der Waals surface area contributed by atoms with Gasteiger partial charge in [-0.25, -0.2) is 4.98 Å². The fourth-order valence-corrected chi connectivity index (χ4v) is 2.27. The minimum atomic E-state index is 0.142. The molecule has 0 unspecified atom stereocenters. The van der Waals surface area contributed by atoms with E-state index in [1.54, 1.807) is 12.3 Å². The Labute approximate surface area is 103 Å². The van der Waals surface area contributed by atoms with Gasteiger partial charge in [0.15, 0.2) is 0 Å². The highest BCUT2D eigenvalue weighted by molar-refractivity contribution is 7.09. The fraction of sp³-hybridized carbons (Fsp3) is 0.167. The van der Waals surface area contributed by atoms with Gasteiger partial charge >= 0.3 is 0 Å². The molecule has 2 nitrogen and oxygen atoms in total. The Morgan fingerprint density at radius 1 is 1.31 bits per heavy atom. The van der Waals surface area contributed by atoms with E-state index in [1.165, 1.54) is 11.3 Å². The third kappa shape index (κ3) is 2.90. The molecule has 0 saturated carbocycles. The molecule has 16 heavy (non-hydrogen) atoms. The first kappa shape index (κ1) is 11.3. The summed E-state index contributed by atoms with van der Waals surface area (Å²) in [5.74, 6) is 0.142. The van der Waals surface area contributed by atoms with Crippen molar-refractivity contribution in [2.75, 3.05) is 0 Å². The highest BCUT2D eigenvalue weighted by Crippen LogP contribution is 2.16. The molecule has 0 atom stereocenters. The molecule has 2 rings (SSSR count). The number of thiazole rings is 1. The van der Waals surface area contributed by atoms with Crippen molar-refractivity contribution in [3.05, 3.63) is 51.4 Å². The van der Waals surface area contributed by atoms with Gasteiger partial charge in [0, 0.05) is 23.0 Å². The highest BCUT2D eigenvalue weighted by Gasteiger charge is 2.08. The van der Waals surface area contributed by atoms with Gasteiger partial charge in [-0.2, -0.15) is 0 Å². The maximum absolute atomic E-state index is 11.7. The highest BCUT2D eigenvalue weighted by atomic mass is 35.5. The van der Waals surface area contributed by atoms with E-state index < -0.39 is 0 Å². The van der Waals surface area contributed by atoms with Crippen molar-refractivity contribution in [3.8, 4) is 0 Å². The van der Waals surface area contributed by atoms with Crippen molar-refractivity contribution >= 4 is 28.7 Å². The van der Waals surface area contributed by atoms with Gasteiger partial charge in [-0.1, -0.05) is 29.8 Å². The molecule has 2 aromatic rings. The van der Waals surface area contributed by atoms with E-state index in [4.69, 9.17) is 11.6 Å². The van der Waals surface area contributed by atoms with Crippen LogP contribution < -0.4 is 0 Å². The second kappa shape index (κ2) is 5.23. The van der Waals surface area contributed by atoms with Crippen molar-refractivity contribution in [2.24, 2.45) is 0 Å². The van der Waals surface area contributed by atoms with E-state index in [9.17, 15) is 4.79 Å². The van der Waals surface area contributed by atoms with Crippen LogP contribution in [0.3, 0.4) is 0 Å². The molecule has 82 valence electrons. The van der Waals surface area contributed by atoms with Crippen LogP contribution in [0.2, 0.25) is 5.02 Å². The molecule has 0 aliphatic carbocycles. The van der Waals surface area contributed by atoms with Crippen LogP contribution in [0.4, 0.5) is 0 Å². The number of rotatable bonds is 4. The Bertz CT molecular complexity index is 482. The molecule has 1 heterocycles. The van der Waals surface area contributed by atoms with E-state index in [2.05, 4.69) is 4.98 Å². The molecule has 1 aromatic carbocycles. The summed E-state index contributed by atoms with van der Waals surface area (Å²) < 4.78 is 0. The maximum Gasteiger partial charge on any atom is 0.144 e. The molecule has 0 bridgehead atoms. The quantitative estimate of drug-likeness (QED) is 0.836. The summed E-state index contributed by atoms with van der Waals surface area (Å²) in [7, 11) is 0. The van der Waals surface area contributed by atoms with Crippen LogP contribution in [-0.2, 0) is 17.6 Å². The van der Waals surface area contributed by atoms with Crippen LogP contribution in [-0.4, -0.2) is 10.8 Å². The standard InChI is InChI=1S/C12H10ClNOS/c13-11-4-2-1-3-9(11)7-10(15)8-12-14-5-6-16-12/h1-6H,7-8H2. The van der Waals surface area contributed by atoms with Crippen LogP contribution in [0.25, 0.3) is 0 Å². The lowest BCUT2D eigenvalue weighted by molar-refractivity contribution is -0.117. The zero-order valence-corrected chi connectivity index (χ0v) is 10.1. The van der Waals surface area contributed by atoms with Crippen LogP contribution >= 0.6 is 22.9 Å². The average Bonchev–Trinajstić information content (AvgIpc) is 2.74. The maximum atomic E-state index is 11.7. The minimum absolute atomic E-state index is 0.142. The number of Topliss-reactive ketones (excluding diaryl/α,β-unsaturated/α-hetero) is 1. The lowest BCUT2D eigenvalue weighted by Gasteiger charge is -2.01. The first-order chi connectivity index (χ1) is 7.75. The van der Waals surface area contributed by atoms with Crippen LogP contribution in [0.15, 0.2) is 35.8 Å². The van der Waals surface area contributed by atoms with Crippen LogP contribution in [0, 0.1) is 0 Å². The SMILES string of the molecule is O=C(Cc1nccs1)Cc1ccccc1Cl. The van der Waals surface area contributed by atoms with E-state index in [0.29, 0.717) is 17.9 Å². The monoisotopic (exact) mass is 251 g/mol. The summed E-state index contributed by atoms with van der Waals surface area (Å²) in [5.41, 5.74) is 0.880. The summed E-state index contributed by atoms with van der Waals surface area (Å²) in [5, 5.41) is 3.38. The van der Waals surface area contributed by atoms with Crippen LogP contribution in [0.5, 0.6) is 0 Å². The second-order valence-corrected chi connectivity index (χ2v) is 4.80. The lowest BCUT2D eigenvalue weighted by Crippen LogP contribution is -2.06. The van der Waals surface area contributed by atoms with Crippen molar-refractivity contribution < 1.29 is 4.79 Å². The van der Waals surface area contributed by atoms with Gasteiger partial charge in [-0.05, 0) is 11.6 Å². The number of halogens is 1. The number of benzene rings is 1. The third-order valence-corrected chi connectivity index (χ3v) is 3.33. The molecule has 4 heteroatoms. The van der Waals surface area contributed by atoms with E-state index in [-0.39, 0.29) is 5.78 Å². The molecule has 0 N–H and O–H groups in total. The number of ketones is 1. The molecule has 0 fully saturated rings. The van der Waals surface area contributed by atoms with E-state index >= 15 is 0 Å². The number of carbonyl (C=O) groups is 1. The zero-order valence-electron chi connectivity index (χ0n) is 8.52. The molecule has 0 radical (unpaired) electrons. The largest absolute Gasteiger partial charge is 0.299 e. The van der Waals surface area contributed by atoms with Crippen LogP contribution in [0.1, 0.15) is 10.6 Å². The van der Waals surface area contributed by atoms with Gasteiger partial charge in [-0.3, -0.25) is 4.79 Å². The Hall–Kier alpha value is -1.19. The molecule has 0 spiro atoms. The Kier molecular flexibility index (Phi) is 3.70. The zero-order chi connectivity index (χ0) is 11.4. The summed E-state index contributed by atoms with van der Waals surface area (Å²) >= 11 is 7.49. The van der Waals surface area contributed by atoms with Gasteiger partial charge in [0.2, 0.25) is 0 Å². The predicted molar refractivity (Wildman–Crippen MR) is 66.0 cm³/mol. The fourth-order valence-electron chi connectivity index (χ4n) is 1.43. The topological polar surface area (TPSA) is 30.0 Å². The number of hydrogen-bond donors (Lipinski definition) is 0. The minimum Gasteiger partial charge on any atom is -0.299 e. The van der Waals surface area contributed by atoms with Crippen molar-refractivity contribution in [2.45, 2.75) is 12.8 Å². The summed E-state index contributed by atoms with van der Waals surface area (Å²) in [4.78, 5) is 15.8. The van der Waals surface area contributed by atoms with Crippen molar-refractivity contribution in [3.63, 3.8) is 0 Å². The molecule has 0 amide bonds. The third-order valence-electron chi connectivity index (χ3n) is 2.18. The van der Waals surface area contributed by atoms with Gasteiger partial charge in [0.05, 0.1) is 11.4 Å². The number of hydrogen-bond acceptors (Lipinski definition) is 3. The number of carbonyl (C=O) groups excluding carboxylic acids is 1. The van der Waals surface area contributed by atoms with Crippen molar-refractivity contribution in [1.29, 1.82) is 0 Å². The van der Waals surface area contributed by atoms with E-state index in [1.807, 2.05) is 23.6 Å². The van der Waals surface area contributed by atoms with Gasteiger partial charge < -0.3 is 0 Å². The summed E-state index contributed by atoms with van der Waals surface area (Å²) in [6.45, 7) is 0. The number of aromatic nitrogens is 1. The second-order valence-electron chi connectivity index (χ2n) is 3.41.